The Kier molecular flexibility index (Phi) is 6.15. The molecule has 1 aromatic heterocycles. The Labute approximate surface area is 202 Å². The SMILES string of the molecule is Cc1c(Cc2ccccc2)c(=O)oc2c3c(ccc12)OC[NH+](CCc1ccc(Cl)cc1Cl)C3. The van der Waals surface area contributed by atoms with Crippen LogP contribution < -0.4 is 15.3 Å². The molecule has 5 rings (SSSR count). The van der Waals surface area contributed by atoms with E-state index in [0.29, 0.717) is 34.3 Å². The van der Waals surface area contributed by atoms with E-state index in [1.165, 1.54) is 4.90 Å². The van der Waals surface area contributed by atoms with Crippen molar-refractivity contribution in [3.63, 3.8) is 0 Å². The average molecular weight is 481 g/mol. The lowest BCUT2D eigenvalue weighted by Gasteiger charge is -2.27. The molecular formula is C27H24Cl2NO3+. The second-order valence-corrected chi connectivity index (χ2v) is 9.37. The largest absolute Gasteiger partial charge is 0.445 e. The van der Waals surface area contributed by atoms with Gasteiger partial charge in [-0.2, -0.15) is 0 Å². The van der Waals surface area contributed by atoms with Gasteiger partial charge in [0, 0.05) is 33.8 Å². The van der Waals surface area contributed by atoms with Gasteiger partial charge >= 0.3 is 5.63 Å². The van der Waals surface area contributed by atoms with Crippen LogP contribution in [0.2, 0.25) is 10.0 Å². The smallest absolute Gasteiger partial charge is 0.340 e. The number of rotatable bonds is 5. The molecule has 0 bridgehead atoms. The Hall–Kier alpha value is -2.79. The lowest BCUT2D eigenvalue weighted by molar-refractivity contribution is -0.932. The van der Waals surface area contributed by atoms with Crippen LogP contribution in [0.25, 0.3) is 11.0 Å². The molecule has 0 saturated carbocycles. The molecule has 0 amide bonds. The van der Waals surface area contributed by atoms with Crippen LogP contribution in [-0.2, 0) is 19.4 Å². The van der Waals surface area contributed by atoms with Gasteiger partial charge in [-0.3, -0.25) is 4.90 Å². The first-order chi connectivity index (χ1) is 16.0. The third-order valence-electron chi connectivity index (χ3n) is 6.36. The number of quaternary nitrogens is 1. The number of aryl methyl sites for hydroxylation is 1. The average Bonchev–Trinajstić information content (AvgIpc) is 2.82. The van der Waals surface area contributed by atoms with Crippen LogP contribution in [0.15, 0.2) is 69.9 Å². The van der Waals surface area contributed by atoms with E-state index in [2.05, 4.69) is 0 Å². The summed E-state index contributed by atoms with van der Waals surface area (Å²) in [5.41, 5.74) is 5.11. The van der Waals surface area contributed by atoms with Gasteiger partial charge in [-0.1, -0.05) is 59.6 Å². The van der Waals surface area contributed by atoms with Crippen molar-refractivity contribution in [2.24, 2.45) is 0 Å². The molecule has 0 radical (unpaired) electrons. The molecule has 1 N–H and O–H groups in total. The fourth-order valence-corrected chi connectivity index (χ4v) is 4.98. The van der Waals surface area contributed by atoms with Crippen LogP contribution in [0.4, 0.5) is 0 Å². The molecule has 0 aliphatic carbocycles. The highest BCUT2D eigenvalue weighted by Crippen LogP contribution is 2.31. The Morgan fingerprint density at radius 1 is 1.03 bits per heavy atom. The zero-order valence-electron chi connectivity index (χ0n) is 18.3. The van der Waals surface area contributed by atoms with Crippen molar-refractivity contribution in [3.05, 3.63) is 109 Å². The standard InChI is InChI=1S/C27H23Cl2NO3/c1-17-21-9-10-25-23(26(21)33-27(31)22(17)13-18-5-3-2-4-6-18)15-30(16-32-25)12-11-19-7-8-20(28)14-24(19)29/h2-10,14H,11-13,15-16H2,1H3/p+1. The Morgan fingerprint density at radius 2 is 1.85 bits per heavy atom. The molecule has 4 nitrogen and oxygen atoms in total. The molecule has 0 saturated heterocycles. The number of nitrogens with one attached hydrogen (secondary N) is 1. The molecule has 33 heavy (non-hydrogen) atoms. The summed E-state index contributed by atoms with van der Waals surface area (Å²) < 4.78 is 11.9. The molecule has 3 aromatic carbocycles. The van der Waals surface area contributed by atoms with Gasteiger partial charge in [0.05, 0.1) is 12.1 Å². The summed E-state index contributed by atoms with van der Waals surface area (Å²) in [5.74, 6) is 0.786. The van der Waals surface area contributed by atoms with E-state index in [0.717, 1.165) is 52.9 Å². The molecule has 1 unspecified atom stereocenters. The highest BCUT2D eigenvalue weighted by molar-refractivity contribution is 6.35. The third kappa shape index (κ3) is 4.51. The molecule has 4 aromatic rings. The van der Waals surface area contributed by atoms with Gasteiger partial charge < -0.3 is 9.15 Å². The van der Waals surface area contributed by atoms with Gasteiger partial charge in [0.25, 0.3) is 0 Å². The number of ether oxygens (including phenoxy) is 1. The zero-order chi connectivity index (χ0) is 22.9. The lowest BCUT2D eigenvalue weighted by atomic mass is 9.97. The van der Waals surface area contributed by atoms with Crippen molar-refractivity contribution in [1.29, 1.82) is 0 Å². The molecular weight excluding hydrogens is 457 g/mol. The summed E-state index contributed by atoms with van der Waals surface area (Å²) in [6.07, 6.45) is 1.36. The van der Waals surface area contributed by atoms with Gasteiger partial charge in [0.2, 0.25) is 6.73 Å². The van der Waals surface area contributed by atoms with Crippen molar-refractivity contribution < 1.29 is 14.1 Å². The Morgan fingerprint density at radius 3 is 2.64 bits per heavy atom. The minimum Gasteiger partial charge on any atom is -0.445 e. The van der Waals surface area contributed by atoms with E-state index < -0.39 is 0 Å². The van der Waals surface area contributed by atoms with Crippen molar-refractivity contribution in [2.45, 2.75) is 26.3 Å². The number of hydrogen-bond donors (Lipinski definition) is 1. The maximum absolute atomic E-state index is 13.0. The molecule has 0 spiro atoms. The van der Waals surface area contributed by atoms with Gasteiger partial charge in [0.15, 0.2) is 5.58 Å². The van der Waals surface area contributed by atoms with Crippen LogP contribution in [0.5, 0.6) is 5.75 Å². The second-order valence-electron chi connectivity index (χ2n) is 8.53. The number of halogens is 2. The van der Waals surface area contributed by atoms with Crippen molar-refractivity contribution in [1.82, 2.24) is 0 Å². The van der Waals surface area contributed by atoms with Crippen LogP contribution in [-0.4, -0.2) is 13.3 Å². The first-order valence-corrected chi connectivity index (χ1v) is 11.8. The maximum atomic E-state index is 13.0. The Balaban J connectivity index is 1.43. The van der Waals surface area contributed by atoms with E-state index in [9.17, 15) is 4.79 Å². The van der Waals surface area contributed by atoms with Crippen molar-refractivity contribution >= 4 is 34.2 Å². The lowest BCUT2D eigenvalue weighted by Crippen LogP contribution is -3.12. The highest BCUT2D eigenvalue weighted by Gasteiger charge is 2.26. The predicted molar refractivity (Wildman–Crippen MR) is 132 cm³/mol. The number of fused-ring (bicyclic) bond motifs is 3. The minimum absolute atomic E-state index is 0.280. The van der Waals surface area contributed by atoms with Crippen molar-refractivity contribution in [3.8, 4) is 5.75 Å². The zero-order valence-corrected chi connectivity index (χ0v) is 19.8. The van der Waals surface area contributed by atoms with E-state index >= 15 is 0 Å². The van der Waals surface area contributed by atoms with Gasteiger partial charge in [-0.15, -0.1) is 0 Å². The summed E-state index contributed by atoms with van der Waals surface area (Å²) >= 11 is 12.4. The van der Waals surface area contributed by atoms with Crippen LogP contribution >= 0.6 is 23.2 Å². The van der Waals surface area contributed by atoms with E-state index in [-0.39, 0.29) is 5.63 Å². The number of benzene rings is 3. The predicted octanol–water partition coefficient (Wildman–Crippen LogP) is 4.98. The summed E-state index contributed by atoms with van der Waals surface area (Å²) in [7, 11) is 0. The molecule has 2 heterocycles. The first kappa shape index (κ1) is 22.0. The van der Waals surface area contributed by atoms with Crippen LogP contribution in [0.1, 0.15) is 27.8 Å². The summed E-state index contributed by atoms with van der Waals surface area (Å²) in [4.78, 5) is 14.2. The van der Waals surface area contributed by atoms with Crippen LogP contribution in [0.3, 0.4) is 0 Å². The van der Waals surface area contributed by atoms with E-state index in [1.807, 2.05) is 61.5 Å². The van der Waals surface area contributed by atoms with Crippen LogP contribution in [0, 0.1) is 6.92 Å². The molecule has 1 atom stereocenters. The monoisotopic (exact) mass is 480 g/mol. The normalized spacial score (nSPS) is 15.3. The molecule has 0 fully saturated rings. The van der Waals surface area contributed by atoms with E-state index in [1.54, 1.807) is 6.07 Å². The van der Waals surface area contributed by atoms with Crippen molar-refractivity contribution in [2.75, 3.05) is 13.3 Å². The molecule has 6 heteroatoms. The summed E-state index contributed by atoms with van der Waals surface area (Å²) in [5, 5.41) is 2.28. The topological polar surface area (TPSA) is 43.9 Å². The van der Waals surface area contributed by atoms with Gasteiger partial charge in [-0.05, 0) is 47.9 Å². The first-order valence-electron chi connectivity index (χ1n) is 11.0. The second kappa shape index (κ2) is 9.22. The summed E-state index contributed by atoms with van der Waals surface area (Å²) in [6, 6.07) is 19.6. The Bertz CT molecular complexity index is 1380. The fourth-order valence-electron chi connectivity index (χ4n) is 4.48. The molecule has 1 aliphatic heterocycles. The van der Waals surface area contributed by atoms with Gasteiger partial charge in [-0.25, -0.2) is 4.79 Å². The third-order valence-corrected chi connectivity index (χ3v) is 6.95. The maximum Gasteiger partial charge on any atom is 0.340 e. The quantitative estimate of drug-likeness (QED) is 0.409. The minimum atomic E-state index is -0.280. The van der Waals surface area contributed by atoms with E-state index in [4.69, 9.17) is 32.4 Å². The molecule has 1 aliphatic rings. The molecule has 168 valence electrons. The number of hydrogen-bond acceptors (Lipinski definition) is 3. The van der Waals surface area contributed by atoms with Gasteiger partial charge in [0.1, 0.15) is 12.3 Å². The summed E-state index contributed by atoms with van der Waals surface area (Å²) in [6.45, 7) is 4.12. The fraction of sp³-hybridized carbons (Fsp3) is 0.222. The highest BCUT2D eigenvalue weighted by atomic mass is 35.5.